The number of ether oxygens (including phenoxy) is 3. The third kappa shape index (κ3) is 4.62. The fourth-order valence-electron chi connectivity index (χ4n) is 2.38. The first-order chi connectivity index (χ1) is 10.4. The largest absolute Gasteiger partial charge is 0.573 e. The van der Waals surface area contributed by atoms with Gasteiger partial charge in [-0.3, -0.25) is 4.79 Å². The number of carbonyl (C=O) groups excluding carboxylic acids is 1. The van der Waals surface area contributed by atoms with Crippen molar-refractivity contribution in [2.24, 2.45) is 0 Å². The van der Waals surface area contributed by atoms with Gasteiger partial charge in [0.05, 0.1) is 19.6 Å². The van der Waals surface area contributed by atoms with Crippen LogP contribution < -0.4 is 4.74 Å². The highest BCUT2D eigenvalue weighted by Crippen LogP contribution is 2.32. The van der Waals surface area contributed by atoms with E-state index in [0.717, 1.165) is 12.0 Å². The molecule has 0 bridgehead atoms. The first kappa shape index (κ1) is 16.6. The van der Waals surface area contributed by atoms with Gasteiger partial charge in [0.2, 0.25) is 0 Å². The Morgan fingerprint density at radius 3 is 2.77 bits per heavy atom. The lowest BCUT2D eigenvalue weighted by Crippen LogP contribution is -2.19. The van der Waals surface area contributed by atoms with E-state index in [0.29, 0.717) is 13.2 Å². The molecule has 0 N–H and O–H groups in total. The molecule has 0 aromatic heterocycles. The minimum Gasteiger partial charge on any atom is -0.466 e. The Hall–Kier alpha value is -1.76. The van der Waals surface area contributed by atoms with E-state index >= 15 is 0 Å². The molecular formula is C15H17F3O4. The van der Waals surface area contributed by atoms with Crippen LogP contribution in [0.15, 0.2) is 18.2 Å². The van der Waals surface area contributed by atoms with Gasteiger partial charge in [-0.2, -0.15) is 0 Å². The Morgan fingerprint density at radius 2 is 2.18 bits per heavy atom. The number of alkyl halides is 3. The van der Waals surface area contributed by atoms with Crippen molar-refractivity contribution in [2.75, 3.05) is 19.8 Å². The van der Waals surface area contributed by atoms with E-state index in [2.05, 4.69) is 4.74 Å². The fourth-order valence-corrected chi connectivity index (χ4v) is 2.38. The summed E-state index contributed by atoms with van der Waals surface area (Å²) in [7, 11) is 0. The highest BCUT2D eigenvalue weighted by molar-refractivity contribution is 5.73. The van der Waals surface area contributed by atoms with Crippen molar-refractivity contribution in [3.05, 3.63) is 29.3 Å². The Kier molecular flexibility index (Phi) is 5.28. The summed E-state index contributed by atoms with van der Waals surface area (Å²) in [6, 6.07) is 4.39. The summed E-state index contributed by atoms with van der Waals surface area (Å²) in [5.74, 6) is -0.835. The van der Waals surface area contributed by atoms with Gasteiger partial charge in [0, 0.05) is 18.1 Å². The zero-order valence-electron chi connectivity index (χ0n) is 12.1. The van der Waals surface area contributed by atoms with Gasteiger partial charge in [-0.25, -0.2) is 0 Å². The molecule has 1 unspecified atom stereocenters. The molecule has 0 spiro atoms. The molecule has 0 radical (unpaired) electrons. The molecule has 7 heteroatoms. The van der Waals surface area contributed by atoms with E-state index in [4.69, 9.17) is 9.47 Å². The van der Waals surface area contributed by atoms with Crippen LogP contribution in [0, 0.1) is 0 Å². The second kappa shape index (κ2) is 7.00. The minimum atomic E-state index is -4.80. The van der Waals surface area contributed by atoms with Crippen LogP contribution in [0.5, 0.6) is 5.75 Å². The van der Waals surface area contributed by atoms with Crippen LogP contribution in [0.2, 0.25) is 0 Å². The van der Waals surface area contributed by atoms with Gasteiger partial charge in [0.25, 0.3) is 0 Å². The number of hydrogen-bond acceptors (Lipinski definition) is 4. The normalized spacial score (nSPS) is 18.3. The molecule has 1 aliphatic heterocycles. The second-order valence-electron chi connectivity index (χ2n) is 4.96. The van der Waals surface area contributed by atoms with Crippen molar-refractivity contribution >= 4 is 5.97 Å². The van der Waals surface area contributed by atoms with Crippen LogP contribution in [-0.4, -0.2) is 32.2 Å². The first-order valence-electron chi connectivity index (χ1n) is 7.01. The molecule has 1 aromatic carbocycles. The topological polar surface area (TPSA) is 44.8 Å². The molecule has 22 heavy (non-hydrogen) atoms. The summed E-state index contributed by atoms with van der Waals surface area (Å²) in [6.45, 7) is 2.96. The van der Waals surface area contributed by atoms with Gasteiger partial charge >= 0.3 is 12.3 Å². The monoisotopic (exact) mass is 318 g/mol. The summed E-state index contributed by atoms with van der Waals surface area (Å²) in [5.41, 5.74) is 1.01. The van der Waals surface area contributed by atoms with E-state index in [1.165, 1.54) is 6.07 Å². The van der Waals surface area contributed by atoms with Crippen molar-refractivity contribution in [1.29, 1.82) is 0 Å². The zero-order valence-corrected chi connectivity index (χ0v) is 12.1. The van der Waals surface area contributed by atoms with Gasteiger partial charge in [-0.1, -0.05) is 12.1 Å². The Bertz CT molecular complexity index is 522. The lowest BCUT2D eigenvalue weighted by Gasteiger charge is -2.16. The quantitative estimate of drug-likeness (QED) is 0.782. The van der Waals surface area contributed by atoms with Crippen molar-refractivity contribution in [1.82, 2.24) is 0 Å². The van der Waals surface area contributed by atoms with E-state index in [9.17, 15) is 18.0 Å². The highest BCUT2D eigenvalue weighted by Gasteiger charge is 2.32. The van der Waals surface area contributed by atoms with Crippen molar-refractivity contribution in [2.45, 2.75) is 32.0 Å². The lowest BCUT2D eigenvalue weighted by molar-refractivity contribution is -0.274. The Morgan fingerprint density at radius 1 is 1.41 bits per heavy atom. The molecule has 0 saturated carbocycles. The van der Waals surface area contributed by atoms with Gasteiger partial charge < -0.3 is 14.2 Å². The highest BCUT2D eigenvalue weighted by atomic mass is 19.4. The smallest absolute Gasteiger partial charge is 0.466 e. The third-order valence-corrected chi connectivity index (χ3v) is 3.35. The average molecular weight is 318 g/mol. The van der Waals surface area contributed by atoms with E-state index in [1.807, 2.05) is 0 Å². The molecule has 1 heterocycles. The lowest BCUT2D eigenvalue weighted by atomic mass is 9.95. The molecule has 1 saturated heterocycles. The standard InChI is InChI=1S/C15H17F3O4/c1-2-21-14(19)8-12-7-10(11-5-6-20-9-11)3-4-13(12)22-15(16,17)18/h3-4,7,11H,2,5-6,8-9H2,1H3. The van der Waals surface area contributed by atoms with Gasteiger partial charge in [0.15, 0.2) is 0 Å². The Balaban J connectivity index is 2.25. The predicted molar refractivity (Wildman–Crippen MR) is 71.6 cm³/mol. The zero-order chi connectivity index (χ0) is 16.2. The van der Waals surface area contributed by atoms with Crippen LogP contribution in [0.4, 0.5) is 13.2 Å². The maximum atomic E-state index is 12.4. The number of rotatable bonds is 5. The maximum absolute atomic E-state index is 12.4. The van der Waals surface area contributed by atoms with Crippen LogP contribution in [0.3, 0.4) is 0 Å². The molecule has 0 amide bonds. The molecule has 1 fully saturated rings. The van der Waals surface area contributed by atoms with Crippen LogP contribution in [0.1, 0.15) is 30.4 Å². The SMILES string of the molecule is CCOC(=O)Cc1cc(C2CCOC2)ccc1OC(F)(F)F. The first-order valence-corrected chi connectivity index (χ1v) is 7.01. The number of hydrogen-bond donors (Lipinski definition) is 0. The van der Waals surface area contributed by atoms with Gasteiger partial charge in [-0.15, -0.1) is 13.2 Å². The number of benzene rings is 1. The molecule has 1 atom stereocenters. The van der Waals surface area contributed by atoms with E-state index in [-0.39, 0.29) is 30.3 Å². The number of esters is 1. The number of halogens is 3. The van der Waals surface area contributed by atoms with Crippen molar-refractivity contribution < 1.29 is 32.2 Å². The summed E-state index contributed by atoms with van der Waals surface area (Å²) in [5, 5.41) is 0. The molecule has 122 valence electrons. The van der Waals surface area contributed by atoms with Gasteiger partial charge in [0.1, 0.15) is 5.75 Å². The summed E-state index contributed by atoms with van der Waals surface area (Å²) < 4.78 is 51.4. The van der Waals surface area contributed by atoms with Crippen LogP contribution in [0.25, 0.3) is 0 Å². The molecule has 4 nitrogen and oxygen atoms in total. The maximum Gasteiger partial charge on any atom is 0.573 e. The van der Waals surface area contributed by atoms with Crippen LogP contribution >= 0.6 is 0 Å². The molecule has 1 aliphatic rings. The van der Waals surface area contributed by atoms with Crippen LogP contribution in [-0.2, 0) is 20.7 Å². The fraction of sp³-hybridized carbons (Fsp3) is 0.533. The van der Waals surface area contributed by atoms with Gasteiger partial charge in [-0.05, 0) is 25.0 Å². The minimum absolute atomic E-state index is 0.126. The molecule has 1 aromatic rings. The summed E-state index contributed by atoms with van der Waals surface area (Å²) in [6.07, 6.45) is -4.26. The average Bonchev–Trinajstić information content (AvgIpc) is 2.93. The third-order valence-electron chi connectivity index (χ3n) is 3.35. The summed E-state index contributed by atoms with van der Waals surface area (Å²) in [4.78, 5) is 11.6. The molecule has 2 rings (SSSR count). The molecular weight excluding hydrogens is 301 g/mol. The Labute approximate surface area is 126 Å². The molecule has 0 aliphatic carbocycles. The number of carbonyl (C=O) groups is 1. The van der Waals surface area contributed by atoms with Crippen molar-refractivity contribution in [3.8, 4) is 5.75 Å². The predicted octanol–water partition coefficient (Wildman–Crippen LogP) is 3.19. The van der Waals surface area contributed by atoms with E-state index < -0.39 is 12.3 Å². The second-order valence-corrected chi connectivity index (χ2v) is 4.96. The summed E-state index contributed by atoms with van der Waals surface area (Å²) >= 11 is 0. The van der Waals surface area contributed by atoms with Crippen molar-refractivity contribution in [3.63, 3.8) is 0 Å². The van der Waals surface area contributed by atoms with E-state index in [1.54, 1.807) is 19.1 Å².